The van der Waals surface area contributed by atoms with E-state index in [1.807, 2.05) is 24.8 Å². The molecule has 4 unspecified atom stereocenters. The number of nitrogens with two attached hydrogens (primary N) is 1. The largest absolute Gasteiger partial charge is 0.461 e. The number of nitriles is 1. The zero-order valence-corrected chi connectivity index (χ0v) is 29.8. The van der Waals surface area contributed by atoms with Gasteiger partial charge in [-0.2, -0.15) is 28.4 Å². The molecule has 0 spiro atoms. The molecule has 0 aliphatic carbocycles. The number of hydrogen-bond acceptors (Lipinski definition) is 9. The molecule has 2 N–H and O–H groups in total. The van der Waals surface area contributed by atoms with Crippen molar-refractivity contribution >= 4 is 49.1 Å². The summed E-state index contributed by atoms with van der Waals surface area (Å²) in [5.74, 6) is -2.36. The number of carbonyl (C=O) groups excluding carboxylic acids is 1. The van der Waals surface area contributed by atoms with E-state index in [9.17, 15) is 18.8 Å². The van der Waals surface area contributed by atoms with Gasteiger partial charge in [-0.25, -0.2) is 13.2 Å². The summed E-state index contributed by atoms with van der Waals surface area (Å²) in [4.78, 5) is 27.1. The highest BCUT2D eigenvalue weighted by atomic mass is 32.1. The summed E-state index contributed by atoms with van der Waals surface area (Å²) in [6.07, 6.45) is -3.78. The lowest BCUT2D eigenvalue weighted by Gasteiger charge is -2.41. The predicted molar refractivity (Wildman–Crippen MR) is 186 cm³/mol. The van der Waals surface area contributed by atoms with Crippen LogP contribution in [-0.2, 0) is 11.0 Å². The lowest BCUT2D eigenvalue weighted by Crippen LogP contribution is -2.53. The fourth-order valence-electron chi connectivity index (χ4n) is 8.47. The molecule has 0 bridgehead atoms. The summed E-state index contributed by atoms with van der Waals surface area (Å²) in [6, 6.07) is 3.77. The van der Waals surface area contributed by atoms with Gasteiger partial charge in [0.1, 0.15) is 41.0 Å². The molecule has 0 saturated carbocycles. The second-order valence-electron chi connectivity index (χ2n) is 14.2. The number of rotatable bonds is 7. The van der Waals surface area contributed by atoms with Gasteiger partial charge < -0.3 is 20.3 Å². The molecule has 5 heterocycles. The van der Waals surface area contributed by atoms with Crippen molar-refractivity contribution in [3.05, 3.63) is 41.0 Å². The van der Waals surface area contributed by atoms with Crippen molar-refractivity contribution in [3.63, 3.8) is 0 Å². The molecule has 276 valence electrons. The maximum atomic E-state index is 17.2. The van der Waals surface area contributed by atoms with Crippen molar-refractivity contribution in [2.24, 2.45) is 0 Å². The third-order valence-corrected chi connectivity index (χ3v) is 12.6. The van der Waals surface area contributed by atoms with Crippen LogP contribution >= 0.6 is 11.3 Å². The van der Waals surface area contributed by atoms with Crippen molar-refractivity contribution in [3.8, 4) is 23.2 Å². The Morgan fingerprint density at radius 3 is 2.67 bits per heavy atom. The van der Waals surface area contributed by atoms with Gasteiger partial charge in [-0.05, 0) is 57.4 Å². The van der Waals surface area contributed by atoms with Crippen LogP contribution < -0.4 is 15.4 Å². The topological polar surface area (TPSA) is 112 Å². The van der Waals surface area contributed by atoms with Crippen LogP contribution in [0.3, 0.4) is 0 Å². The van der Waals surface area contributed by atoms with Crippen LogP contribution in [0.25, 0.3) is 32.1 Å². The zero-order valence-electron chi connectivity index (χ0n) is 29.0. The Kier molecular flexibility index (Phi) is 8.76. The van der Waals surface area contributed by atoms with Gasteiger partial charge in [0, 0.05) is 49.3 Å². The van der Waals surface area contributed by atoms with Gasteiger partial charge in [0.05, 0.1) is 32.9 Å². The van der Waals surface area contributed by atoms with Crippen LogP contribution in [0.4, 0.5) is 37.2 Å². The molecular formula is C36H37F6N7O2S. The van der Waals surface area contributed by atoms with Crippen molar-refractivity contribution < 1.29 is 35.9 Å². The van der Waals surface area contributed by atoms with E-state index in [4.69, 9.17) is 10.5 Å². The fraction of sp³-hybridized carbons (Fsp3) is 0.500. The van der Waals surface area contributed by atoms with Crippen molar-refractivity contribution in [2.75, 3.05) is 43.9 Å². The van der Waals surface area contributed by atoms with Gasteiger partial charge in [-0.3, -0.25) is 9.69 Å². The number of nitrogens with zero attached hydrogens (tertiary/aromatic N) is 6. The number of benzene rings is 2. The van der Waals surface area contributed by atoms with Crippen molar-refractivity contribution in [1.82, 2.24) is 19.8 Å². The number of carbonyl (C=O) groups is 1. The minimum atomic E-state index is -5.13. The molecule has 16 heteroatoms. The predicted octanol–water partition coefficient (Wildman–Crippen LogP) is 7.44. The van der Waals surface area contributed by atoms with E-state index in [-0.39, 0.29) is 75.3 Å². The molecule has 3 aliphatic rings. The van der Waals surface area contributed by atoms with E-state index in [1.165, 1.54) is 0 Å². The van der Waals surface area contributed by atoms with Gasteiger partial charge >= 0.3 is 12.2 Å². The molecule has 4 aromatic rings. The average Bonchev–Trinajstić information content (AvgIpc) is 3.82. The number of thiophene rings is 1. The van der Waals surface area contributed by atoms with Crippen LogP contribution in [0.15, 0.2) is 18.2 Å². The Morgan fingerprint density at radius 1 is 1.23 bits per heavy atom. The molecule has 3 saturated heterocycles. The van der Waals surface area contributed by atoms with E-state index in [1.54, 1.807) is 23.8 Å². The van der Waals surface area contributed by atoms with Crippen LogP contribution in [0.1, 0.15) is 64.0 Å². The highest BCUT2D eigenvalue weighted by Crippen LogP contribution is 2.49. The van der Waals surface area contributed by atoms with Gasteiger partial charge in [0.2, 0.25) is 5.91 Å². The first kappa shape index (κ1) is 36.0. The first-order valence-electron chi connectivity index (χ1n) is 17.1. The highest BCUT2D eigenvalue weighted by Gasteiger charge is 2.50. The molecular weight excluding hydrogens is 708 g/mol. The maximum Gasteiger partial charge on any atom is 0.417 e. The van der Waals surface area contributed by atoms with Crippen LogP contribution in [-0.4, -0.2) is 82.3 Å². The van der Waals surface area contributed by atoms with Gasteiger partial charge in [0.25, 0.3) is 0 Å². The summed E-state index contributed by atoms with van der Waals surface area (Å²) in [5.41, 5.74) is 1.01. The number of likely N-dealkylation sites (N-methyl/N-ethyl adjacent to an activating group) is 1. The second kappa shape index (κ2) is 12.6. The molecule has 52 heavy (non-hydrogen) atoms. The normalized spacial score (nSPS) is 24.9. The number of anilines is 2. The van der Waals surface area contributed by atoms with E-state index in [2.05, 4.69) is 9.97 Å². The van der Waals surface area contributed by atoms with Gasteiger partial charge in [-0.15, -0.1) is 11.3 Å². The van der Waals surface area contributed by atoms with Gasteiger partial charge in [-0.1, -0.05) is 13.0 Å². The maximum absolute atomic E-state index is 17.2. The number of alkyl halides is 4. The number of likely N-dealkylation sites (tertiary alicyclic amines) is 1. The first-order chi connectivity index (χ1) is 24.5. The summed E-state index contributed by atoms with van der Waals surface area (Å²) >= 11 is 0.679. The van der Waals surface area contributed by atoms with Crippen molar-refractivity contribution in [2.45, 2.75) is 82.3 Å². The number of nitrogen functional groups attached to an aromatic ring is 1. The molecule has 1 amide bonds. The second-order valence-corrected chi connectivity index (χ2v) is 15.3. The van der Waals surface area contributed by atoms with Crippen LogP contribution in [0.2, 0.25) is 0 Å². The standard InChI is InChI=1S/C36H37F6N7O2S/c1-5-25(50)49-12-10-34(3,18(49)2)47(4)32-21-13-23(36(40,41)42)27(20-7-8-24(38)30-26(20)22(15-43)31(44)52-30)28(39)29(21)45-33(46-32)51-17-35-9-6-11-48(35)16-19(37)14-35/h7-8,13,18-19H,5-6,9-12,14,16-17,44H2,1-4H3. The smallest absolute Gasteiger partial charge is 0.417 e. The fourth-order valence-corrected chi connectivity index (χ4v) is 9.42. The number of halogens is 6. The minimum Gasteiger partial charge on any atom is -0.461 e. The Hall–Kier alpha value is -4.36. The highest BCUT2D eigenvalue weighted by molar-refractivity contribution is 7.23. The summed E-state index contributed by atoms with van der Waals surface area (Å²) in [7, 11) is 1.62. The molecule has 3 aliphatic heterocycles. The van der Waals surface area contributed by atoms with Crippen molar-refractivity contribution in [1.29, 1.82) is 5.26 Å². The SMILES string of the molecule is CCC(=O)N1CCC(C)(N(C)c2nc(OCC34CCCN3CC(F)C4)nc3c(F)c(-c4ccc(F)c5sc(N)c(C#N)c45)c(C(F)(F)F)cc23)C1C. The minimum absolute atomic E-state index is 0.0259. The molecule has 0 radical (unpaired) electrons. The van der Waals surface area contributed by atoms with Crippen LogP contribution in [0, 0.1) is 23.0 Å². The Morgan fingerprint density at radius 2 is 1.98 bits per heavy atom. The number of hydrogen-bond donors (Lipinski definition) is 1. The summed E-state index contributed by atoms with van der Waals surface area (Å²) in [5, 5.41) is 9.22. The zero-order chi connectivity index (χ0) is 37.5. The Bertz CT molecular complexity index is 2150. The third kappa shape index (κ3) is 5.50. The molecule has 7 rings (SSSR count). The third-order valence-electron chi connectivity index (χ3n) is 11.6. The number of aromatic nitrogens is 2. The van der Waals surface area contributed by atoms with E-state index in [0.717, 1.165) is 24.6 Å². The molecule has 2 aromatic heterocycles. The molecule has 3 fully saturated rings. The van der Waals surface area contributed by atoms with Gasteiger partial charge in [0.15, 0.2) is 5.82 Å². The average molecular weight is 746 g/mol. The molecule has 2 aromatic carbocycles. The monoisotopic (exact) mass is 745 g/mol. The van der Waals surface area contributed by atoms with E-state index in [0.29, 0.717) is 37.3 Å². The van der Waals surface area contributed by atoms with Crippen LogP contribution in [0.5, 0.6) is 6.01 Å². The lowest BCUT2D eigenvalue weighted by atomic mass is 9.90. The quantitative estimate of drug-likeness (QED) is 0.195. The molecule has 9 nitrogen and oxygen atoms in total. The lowest BCUT2D eigenvalue weighted by molar-refractivity contribution is -0.137. The number of amides is 1. The first-order valence-corrected chi connectivity index (χ1v) is 17.9. The Labute approximate surface area is 299 Å². The van der Waals surface area contributed by atoms with E-state index >= 15 is 17.6 Å². The molecule has 4 atom stereocenters. The van der Waals surface area contributed by atoms with E-state index < -0.39 is 57.7 Å². The number of fused-ring (bicyclic) bond motifs is 3. The number of ether oxygens (including phenoxy) is 1. The summed E-state index contributed by atoms with van der Waals surface area (Å²) < 4.78 is 98.1. The summed E-state index contributed by atoms with van der Waals surface area (Å²) in [6.45, 7) is 6.75. The Balaban J connectivity index is 1.47.